The number of nitrogens with zero attached hydrogens (tertiary/aromatic N) is 3. The molecule has 0 unspecified atom stereocenters. The average molecular weight is 330 g/mol. The van der Waals surface area contributed by atoms with Gasteiger partial charge < -0.3 is 5.32 Å². The maximum absolute atomic E-state index is 6.02. The molecular formula is C12H14BrClN4. The van der Waals surface area contributed by atoms with Crippen molar-refractivity contribution in [2.75, 3.05) is 0 Å². The van der Waals surface area contributed by atoms with Crippen molar-refractivity contribution in [3.05, 3.63) is 39.6 Å². The van der Waals surface area contributed by atoms with Crippen LogP contribution in [0.2, 0.25) is 5.02 Å². The highest BCUT2D eigenvalue weighted by molar-refractivity contribution is 9.10. The second-order valence-electron chi connectivity index (χ2n) is 4.27. The van der Waals surface area contributed by atoms with E-state index in [9.17, 15) is 0 Å². The molecule has 1 heterocycles. The first kappa shape index (κ1) is 13.5. The lowest BCUT2D eigenvalue weighted by molar-refractivity contribution is 0.570. The van der Waals surface area contributed by atoms with Crippen LogP contribution in [0.4, 0.5) is 0 Å². The Bertz CT molecular complexity index is 539. The summed E-state index contributed by atoms with van der Waals surface area (Å²) in [5.41, 5.74) is 1.88. The molecule has 2 rings (SSSR count). The van der Waals surface area contributed by atoms with Gasteiger partial charge in [0, 0.05) is 22.1 Å². The number of hydrogen-bond donors (Lipinski definition) is 1. The minimum absolute atomic E-state index is 0.413. The van der Waals surface area contributed by atoms with Crippen LogP contribution in [0.15, 0.2) is 28.9 Å². The molecule has 0 amide bonds. The first-order valence-electron chi connectivity index (χ1n) is 5.66. The summed E-state index contributed by atoms with van der Waals surface area (Å²) in [5.74, 6) is 0. The number of aromatic nitrogens is 3. The molecule has 0 atom stereocenters. The van der Waals surface area contributed by atoms with Crippen molar-refractivity contribution < 1.29 is 0 Å². The van der Waals surface area contributed by atoms with Gasteiger partial charge in [-0.3, -0.25) is 0 Å². The number of hydrogen-bond acceptors (Lipinski definition) is 3. The Hall–Kier alpha value is -0.910. The molecule has 0 aliphatic rings. The first-order valence-corrected chi connectivity index (χ1v) is 6.83. The fourth-order valence-electron chi connectivity index (χ4n) is 1.54. The Morgan fingerprint density at radius 2 is 2.22 bits per heavy atom. The highest BCUT2D eigenvalue weighted by Gasteiger charge is 2.10. The largest absolute Gasteiger partial charge is 0.309 e. The predicted molar refractivity (Wildman–Crippen MR) is 76.0 cm³/mol. The van der Waals surface area contributed by atoms with Gasteiger partial charge in [0.25, 0.3) is 0 Å². The van der Waals surface area contributed by atoms with E-state index in [0.717, 1.165) is 15.9 Å². The predicted octanol–water partition coefficient (Wildman–Crippen LogP) is 3.18. The zero-order valence-electron chi connectivity index (χ0n) is 10.2. The Labute approximate surface area is 119 Å². The second kappa shape index (κ2) is 5.82. The maximum Gasteiger partial charge on any atom is 0.0824 e. The summed E-state index contributed by atoms with van der Waals surface area (Å²) in [6.45, 7) is 4.91. The number of benzene rings is 1. The van der Waals surface area contributed by atoms with Gasteiger partial charge in [-0.05, 0) is 34.1 Å². The molecule has 0 radical (unpaired) electrons. The van der Waals surface area contributed by atoms with E-state index in [4.69, 9.17) is 11.6 Å². The lowest BCUT2D eigenvalue weighted by atomic mass is 10.3. The molecule has 6 heteroatoms. The van der Waals surface area contributed by atoms with E-state index >= 15 is 0 Å². The fourth-order valence-corrected chi connectivity index (χ4v) is 2.12. The molecule has 0 fully saturated rings. The van der Waals surface area contributed by atoms with Crippen LogP contribution in [0.5, 0.6) is 0 Å². The van der Waals surface area contributed by atoms with Crippen LogP contribution >= 0.6 is 27.5 Å². The summed E-state index contributed by atoms with van der Waals surface area (Å²) in [7, 11) is 0. The fraction of sp³-hybridized carbons (Fsp3) is 0.333. The first-order chi connectivity index (χ1) is 8.58. The Kier molecular flexibility index (Phi) is 4.37. The van der Waals surface area contributed by atoms with Crippen LogP contribution in [-0.4, -0.2) is 21.0 Å². The molecule has 1 aromatic heterocycles. The van der Waals surface area contributed by atoms with Crippen LogP contribution < -0.4 is 5.32 Å². The normalized spacial score (nSPS) is 11.2. The summed E-state index contributed by atoms with van der Waals surface area (Å²) < 4.78 is 2.72. The van der Waals surface area contributed by atoms with E-state index in [0.29, 0.717) is 17.6 Å². The third-order valence-electron chi connectivity index (χ3n) is 2.45. The molecule has 0 saturated carbocycles. The molecule has 0 aliphatic carbocycles. The number of nitrogens with one attached hydrogen (secondary N) is 1. The topological polar surface area (TPSA) is 42.7 Å². The van der Waals surface area contributed by atoms with Crippen LogP contribution in [0.1, 0.15) is 19.5 Å². The van der Waals surface area contributed by atoms with E-state index in [1.807, 2.05) is 18.2 Å². The molecule has 0 bridgehead atoms. The highest BCUT2D eigenvalue weighted by Crippen LogP contribution is 2.25. The molecule has 0 saturated heterocycles. The van der Waals surface area contributed by atoms with Crippen molar-refractivity contribution in [2.45, 2.75) is 26.4 Å². The lowest BCUT2D eigenvalue weighted by Crippen LogP contribution is -2.23. The van der Waals surface area contributed by atoms with Crippen molar-refractivity contribution in [3.63, 3.8) is 0 Å². The van der Waals surface area contributed by atoms with Gasteiger partial charge in [-0.25, -0.2) is 4.68 Å². The molecule has 0 aliphatic heterocycles. The summed E-state index contributed by atoms with van der Waals surface area (Å²) >= 11 is 9.51. The van der Waals surface area contributed by atoms with Crippen LogP contribution in [-0.2, 0) is 6.54 Å². The lowest BCUT2D eigenvalue weighted by Gasteiger charge is -2.11. The smallest absolute Gasteiger partial charge is 0.0824 e. The SMILES string of the molecule is CC(C)NCc1cnnn1-c1cc(Cl)ccc1Br. The molecule has 1 N–H and O–H groups in total. The highest BCUT2D eigenvalue weighted by atomic mass is 79.9. The van der Waals surface area contributed by atoms with Gasteiger partial charge >= 0.3 is 0 Å². The van der Waals surface area contributed by atoms with Crippen molar-refractivity contribution in [1.29, 1.82) is 0 Å². The van der Waals surface area contributed by atoms with Crippen molar-refractivity contribution in [1.82, 2.24) is 20.3 Å². The van der Waals surface area contributed by atoms with Gasteiger partial charge in [0.05, 0.1) is 17.6 Å². The summed E-state index contributed by atoms with van der Waals surface area (Å²) in [4.78, 5) is 0. The van der Waals surface area contributed by atoms with Crippen LogP contribution in [0.25, 0.3) is 5.69 Å². The minimum Gasteiger partial charge on any atom is -0.309 e. The van der Waals surface area contributed by atoms with Crippen molar-refractivity contribution >= 4 is 27.5 Å². The quantitative estimate of drug-likeness (QED) is 0.937. The Morgan fingerprint density at radius 3 is 2.94 bits per heavy atom. The minimum atomic E-state index is 0.413. The van der Waals surface area contributed by atoms with E-state index < -0.39 is 0 Å². The molecular weight excluding hydrogens is 316 g/mol. The summed E-state index contributed by atoms with van der Waals surface area (Å²) in [6, 6.07) is 6.01. The van der Waals surface area contributed by atoms with Gasteiger partial charge in [-0.15, -0.1) is 5.10 Å². The number of rotatable bonds is 4. The molecule has 96 valence electrons. The zero-order valence-corrected chi connectivity index (χ0v) is 12.5. The van der Waals surface area contributed by atoms with Crippen LogP contribution in [0, 0.1) is 0 Å². The molecule has 0 spiro atoms. The van der Waals surface area contributed by atoms with E-state index in [1.54, 1.807) is 10.9 Å². The maximum atomic E-state index is 6.02. The van der Waals surface area contributed by atoms with Gasteiger partial charge in [-0.1, -0.05) is 30.7 Å². The van der Waals surface area contributed by atoms with Gasteiger partial charge in [0.15, 0.2) is 0 Å². The standard InChI is InChI=1S/C12H14BrClN4/c1-8(2)15-6-10-7-16-17-18(10)12-5-9(14)3-4-11(12)13/h3-5,7-8,15H,6H2,1-2H3. The third-order valence-corrected chi connectivity index (χ3v) is 3.35. The molecule has 18 heavy (non-hydrogen) atoms. The van der Waals surface area contributed by atoms with Gasteiger partial charge in [0.2, 0.25) is 0 Å². The zero-order chi connectivity index (χ0) is 13.1. The van der Waals surface area contributed by atoms with Crippen molar-refractivity contribution in [3.8, 4) is 5.69 Å². The summed E-state index contributed by atoms with van der Waals surface area (Å²) in [5, 5.41) is 12.1. The summed E-state index contributed by atoms with van der Waals surface area (Å²) in [6.07, 6.45) is 1.75. The monoisotopic (exact) mass is 328 g/mol. The number of halogens is 2. The van der Waals surface area contributed by atoms with E-state index in [1.165, 1.54) is 0 Å². The molecule has 1 aromatic carbocycles. The molecule has 4 nitrogen and oxygen atoms in total. The van der Waals surface area contributed by atoms with Crippen molar-refractivity contribution in [2.24, 2.45) is 0 Å². The Morgan fingerprint density at radius 1 is 1.44 bits per heavy atom. The molecule has 2 aromatic rings. The van der Waals surface area contributed by atoms with Gasteiger partial charge in [0.1, 0.15) is 0 Å². The average Bonchev–Trinajstić information content (AvgIpc) is 2.77. The van der Waals surface area contributed by atoms with Crippen LogP contribution in [0.3, 0.4) is 0 Å². The second-order valence-corrected chi connectivity index (χ2v) is 5.56. The van der Waals surface area contributed by atoms with E-state index in [-0.39, 0.29) is 0 Å². The van der Waals surface area contributed by atoms with Gasteiger partial charge in [-0.2, -0.15) is 0 Å². The Balaban J connectivity index is 2.33. The third kappa shape index (κ3) is 3.10. The van der Waals surface area contributed by atoms with E-state index in [2.05, 4.69) is 45.4 Å².